The quantitative estimate of drug-likeness (QED) is 0.687. The van der Waals surface area contributed by atoms with Gasteiger partial charge in [-0.15, -0.1) is 14.0 Å². The van der Waals surface area contributed by atoms with Gasteiger partial charge in [-0.1, -0.05) is 41.5 Å². The first-order valence-electron chi connectivity index (χ1n) is 9.71. The Hall–Kier alpha value is 0.270. The largest absolute Gasteiger partial charge is 0.299 e. The molecule has 0 aromatic carbocycles. The molecular formula is C18H40N4P+. The third kappa shape index (κ3) is 5.93. The molecule has 5 heteroatoms. The summed E-state index contributed by atoms with van der Waals surface area (Å²) in [5, 5.41) is 0. The predicted molar refractivity (Wildman–Crippen MR) is 104 cm³/mol. The molecule has 3 fully saturated rings. The lowest BCUT2D eigenvalue weighted by Gasteiger charge is -2.45. The Morgan fingerprint density at radius 2 is 0.870 bits per heavy atom. The van der Waals surface area contributed by atoms with Crippen molar-refractivity contribution in [1.82, 2.24) is 18.9 Å². The summed E-state index contributed by atoms with van der Waals surface area (Å²) in [5.74, 6) is 2.26. The second-order valence-corrected chi connectivity index (χ2v) is 11.2. The number of hydrogen-bond acceptors (Lipinski definition) is 4. The lowest BCUT2D eigenvalue weighted by molar-refractivity contribution is 0.152. The minimum Gasteiger partial charge on any atom is -0.299 e. The highest BCUT2D eigenvalue weighted by Crippen LogP contribution is 2.50. The maximum absolute atomic E-state index is 2.87. The smallest absolute Gasteiger partial charge is 0.214 e. The van der Waals surface area contributed by atoms with E-state index in [1.807, 2.05) is 0 Å². The van der Waals surface area contributed by atoms with Crippen molar-refractivity contribution >= 4 is 8.37 Å². The van der Waals surface area contributed by atoms with Gasteiger partial charge in [0.25, 0.3) is 0 Å². The maximum Gasteiger partial charge on any atom is 0.214 e. The van der Waals surface area contributed by atoms with Gasteiger partial charge in [0.15, 0.2) is 0 Å². The van der Waals surface area contributed by atoms with Crippen molar-refractivity contribution in [3.8, 4) is 0 Å². The third-order valence-corrected chi connectivity index (χ3v) is 7.58. The molecule has 0 saturated carbocycles. The van der Waals surface area contributed by atoms with Gasteiger partial charge in [-0.3, -0.25) is 4.90 Å². The van der Waals surface area contributed by atoms with Crippen LogP contribution in [0.5, 0.6) is 0 Å². The van der Waals surface area contributed by atoms with Crippen LogP contribution in [0.4, 0.5) is 0 Å². The fourth-order valence-corrected chi connectivity index (χ4v) is 7.55. The lowest BCUT2D eigenvalue weighted by Crippen LogP contribution is -2.53. The minimum atomic E-state index is -0.747. The van der Waals surface area contributed by atoms with Gasteiger partial charge in [0, 0.05) is 58.9 Å². The Morgan fingerprint density at radius 3 is 1.13 bits per heavy atom. The molecule has 0 aromatic rings. The molecule has 3 aliphatic rings. The molecule has 2 bridgehead atoms. The average molecular weight is 344 g/mol. The van der Waals surface area contributed by atoms with Crippen molar-refractivity contribution in [3.05, 3.63) is 0 Å². The molecule has 0 N–H and O–H groups in total. The van der Waals surface area contributed by atoms with Crippen molar-refractivity contribution in [3.63, 3.8) is 0 Å². The lowest BCUT2D eigenvalue weighted by atomic mass is 10.2. The van der Waals surface area contributed by atoms with E-state index >= 15 is 0 Å². The first-order valence-corrected chi connectivity index (χ1v) is 11.0. The van der Waals surface area contributed by atoms with Gasteiger partial charge < -0.3 is 0 Å². The van der Waals surface area contributed by atoms with E-state index in [4.69, 9.17) is 0 Å². The summed E-state index contributed by atoms with van der Waals surface area (Å²) in [5.41, 5.74) is 0. The molecule has 4 nitrogen and oxygen atoms in total. The SMILES string of the molecule is CC(C)CN1CCN2CCN(CC(C)C)[PH+]1N(CC(C)C)CC2. The van der Waals surface area contributed by atoms with Gasteiger partial charge in [0.2, 0.25) is 8.37 Å². The Balaban J connectivity index is 2.26. The second-order valence-electron chi connectivity index (χ2n) is 8.66. The molecule has 3 saturated heterocycles. The molecule has 0 radical (unpaired) electrons. The Labute approximate surface area is 146 Å². The van der Waals surface area contributed by atoms with Crippen molar-refractivity contribution < 1.29 is 0 Å². The van der Waals surface area contributed by atoms with Gasteiger partial charge in [0.1, 0.15) is 0 Å². The average Bonchev–Trinajstić information content (AvgIpc) is 2.38. The Kier molecular flexibility index (Phi) is 7.75. The van der Waals surface area contributed by atoms with Crippen molar-refractivity contribution in [1.29, 1.82) is 0 Å². The van der Waals surface area contributed by atoms with Crippen molar-refractivity contribution in [2.75, 3.05) is 58.9 Å². The highest BCUT2D eigenvalue weighted by atomic mass is 31.2. The Morgan fingerprint density at radius 1 is 0.565 bits per heavy atom. The van der Waals surface area contributed by atoms with Crippen LogP contribution in [0.2, 0.25) is 0 Å². The zero-order valence-electron chi connectivity index (χ0n) is 16.4. The van der Waals surface area contributed by atoms with E-state index in [1.165, 1.54) is 58.9 Å². The summed E-state index contributed by atoms with van der Waals surface area (Å²) in [6.45, 7) is 25.6. The fourth-order valence-electron chi connectivity index (χ4n) is 3.86. The molecule has 3 rings (SSSR count). The van der Waals surface area contributed by atoms with E-state index < -0.39 is 8.37 Å². The Bertz CT molecular complexity index is 296. The van der Waals surface area contributed by atoms with Crippen LogP contribution in [0.15, 0.2) is 0 Å². The summed E-state index contributed by atoms with van der Waals surface area (Å²) in [6, 6.07) is 0. The molecule has 0 atom stereocenters. The third-order valence-electron chi connectivity index (χ3n) is 4.66. The molecule has 3 heterocycles. The van der Waals surface area contributed by atoms with Crippen LogP contribution in [0, 0.1) is 17.8 Å². The summed E-state index contributed by atoms with van der Waals surface area (Å²) in [7, 11) is -0.747. The van der Waals surface area contributed by atoms with Crippen LogP contribution in [0.3, 0.4) is 0 Å². The van der Waals surface area contributed by atoms with Crippen LogP contribution < -0.4 is 0 Å². The highest BCUT2D eigenvalue weighted by molar-refractivity contribution is 7.50. The molecule has 0 aromatic heterocycles. The molecule has 0 aliphatic carbocycles. The first-order chi connectivity index (χ1) is 10.9. The summed E-state index contributed by atoms with van der Waals surface area (Å²) >= 11 is 0. The maximum atomic E-state index is 2.87. The standard InChI is InChI=1S/C18H39N4P/c1-16(2)13-20-10-7-19-8-11-21(14-17(3)4)23(20)22(12-9-19)15-18(5)6/h16-18H,7-15H2,1-6H3/p+1. The molecule has 136 valence electrons. The summed E-state index contributed by atoms with van der Waals surface area (Å²) in [6.07, 6.45) is 0. The second kappa shape index (κ2) is 9.10. The number of nitrogens with zero attached hydrogens (tertiary/aromatic N) is 4. The molecule has 0 unspecified atom stereocenters. The van der Waals surface area contributed by atoms with Crippen molar-refractivity contribution in [2.24, 2.45) is 17.8 Å². The van der Waals surface area contributed by atoms with Gasteiger partial charge >= 0.3 is 0 Å². The van der Waals surface area contributed by atoms with E-state index in [0.29, 0.717) is 0 Å². The number of hydrogen-bond donors (Lipinski definition) is 0. The van der Waals surface area contributed by atoms with Gasteiger partial charge in [-0.2, -0.15) is 0 Å². The molecular weight excluding hydrogens is 303 g/mol. The summed E-state index contributed by atoms with van der Waals surface area (Å²) < 4.78 is 8.60. The van der Waals surface area contributed by atoms with Crippen LogP contribution in [-0.2, 0) is 0 Å². The zero-order valence-corrected chi connectivity index (χ0v) is 17.4. The van der Waals surface area contributed by atoms with Crippen LogP contribution in [0.25, 0.3) is 0 Å². The van der Waals surface area contributed by atoms with Crippen LogP contribution in [0.1, 0.15) is 41.5 Å². The topological polar surface area (TPSA) is 13.0 Å². The van der Waals surface area contributed by atoms with Gasteiger partial charge in [-0.05, 0) is 17.8 Å². The molecule has 3 aliphatic heterocycles. The van der Waals surface area contributed by atoms with E-state index in [1.54, 1.807) is 0 Å². The fraction of sp³-hybridized carbons (Fsp3) is 1.00. The molecule has 23 heavy (non-hydrogen) atoms. The zero-order chi connectivity index (χ0) is 17.0. The van der Waals surface area contributed by atoms with Gasteiger partial charge in [-0.25, -0.2) is 0 Å². The van der Waals surface area contributed by atoms with Gasteiger partial charge in [0.05, 0.1) is 0 Å². The van der Waals surface area contributed by atoms with Crippen molar-refractivity contribution in [2.45, 2.75) is 41.5 Å². The highest BCUT2D eigenvalue weighted by Gasteiger charge is 2.43. The number of fused-ring (bicyclic) bond motifs is 6. The predicted octanol–water partition coefficient (Wildman–Crippen LogP) is 3.15. The van der Waals surface area contributed by atoms with Crippen LogP contribution in [-0.4, -0.2) is 77.8 Å². The van der Waals surface area contributed by atoms with E-state index in [9.17, 15) is 0 Å². The van der Waals surface area contributed by atoms with E-state index in [0.717, 1.165) is 17.8 Å². The van der Waals surface area contributed by atoms with E-state index in [-0.39, 0.29) is 0 Å². The normalized spacial score (nSPS) is 28.6. The first kappa shape index (κ1) is 19.6. The monoisotopic (exact) mass is 343 g/mol. The summed E-state index contributed by atoms with van der Waals surface area (Å²) in [4.78, 5) is 2.70. The van der Waals surface area contributed by atoms with Crippen LogP contribution >= 0.6 is 8.37 Å². The molecule has 0 amide bonds. The molecule has 0 spiro atoms. The van der Waals surface area contributed by atoms with E-state index in [2.05, 4.69) is 60.5 Å². The number of rotatable bonds is 6. The minimum absolute atomic E-state index is 0.747.